The summed E-state index contributed by atoms with van der Waals surface area (Å²) in [6, 6.07) is 16.1. The van der Waals surface area contributed by atoms with E-state index in [1.807, 2.05) is 79.5 Å². The van der Waals surface area contributed by atoms with Crippen LogP contribution in [0.2, 0.25) is 0 Å². The number of aromatic amines is 1. The van der Waals surface area contributed by atoms with Gasteiger partial charge in [-0.3, -0.25) is 4.79 Å². The summed E-state index contributed by atoms with van der Waals surface area (Å²) in [5.41, 5.74) is 2.94. The van der Waals surface area contributed by atoms with Crippen LogP contribution in [0, 0.1) is 5.92 Å². The van der Waals surface area contributed by atoms with E-state index in [0.717, 1.165) is 47.7 Å². The molecule has 44 heavy (non-hydrogen) atoms. The molecule has 0 unspecified atom stereocenters. The van der Waals surface area contributed by atoms with E-state index >= 15 is 0 Å². The zero-order valence-electron chi connectivity index (χ0n) is 25.3. The summed E-state index contributed by atoms with van der Waals surface area (Å²) >= 11 is 1.31. The molecule has 5 rings (SSSR count). The van der Waals surface area contributed by atoms with Crippen molar-refractivity contribution in [3.05, 3.63) is 87.5 Å². The smallest absolute Gasteiger partial charge is 0.355 e. The lowest BCUT2D eigenvalue weighted by molar-refractivity contribution is -0.124. The number of benzene rings is 2. The second-order valence-corrected chi connectivity index (χ2v) is 13.1. The number of likely N-dealkylation sites (tertiary alicyclic amines) is 1. The number of carboxylic acids is 1. The van der Waals surface area contributed by atoms with Crippen molar-refractivity contribution in [2.24, 2.45) is 5.92 Å². The van der Waals surface area contributed by atoms with Crippen LogP contribution in [0.15, 0.2) is 60.8 Å². The average Bonchev–Trinajstić information content (AvgIpc) is 3.50. The van der Waals surface area contributed by atoms with Crippen LogP contribution in [0.1, 0.15) is 83.5 Å². The summed E-state index contributed by atoms with van der Waals surface area (Å²) in [4.78, 5) is 49.8. The topological polar surface area (TPSA) is 127 Å². The van der Waals surface area contributed by atoms with Crippen LogP contribution in [-0.4, -0.2) is 57.0 Å². The molecule has 2 aromatic carbocycles. The molecule has 3 heterocycles. The number of carbonyl (C=O) groups excluding carboxylic acids is 2. The Kier molecular flexibility index (Phi) is 10.3. The van der Waals surface area contributed by atoms with Gasteiger partial charge in [0.15, 0.2) is 5.69 Å². The number of carboxylic acid groups (broad SMARTS) is 1. The first kappa shape index (κ1) is 31.3. The maximum Gasteiger partial charge on any atom is 0.355 e. The quantitative estimate of drug-likeness (QED) is 0.157. The molecule has 1 aliphatic rings. The van der Waals surface area contributed by atoms with E-state index < -0.39 is 18.1 Å². The monoisotopic (exact) mass is 615 g/mol. The Morgan fingerprint density at radius 3 is 2.39 bits per heavy atom. The van der Waals surface area contributed by atoms with E-state index in [1.165, 1.54) is 11.3 Å². The molecule has 1 saturated heterocycles. The number of hydrogen-bond acceptors (Lipinski definition) is 5. The predicted octanol–water partition coefficient (Wildman–Crippen LogP) is 6.31. The Balaban J connectivity index is 1.45. The molecule has 232 valence electrons. The fourth-order valence-electron chi connectivity index (χ4n) is 5.80. The number of fused-ring (bicyclic) bond motifs is 1. The average molecular weight is 616 g/mol. The molecule has 10 heteroatoms. The van der Waals surface area contributed by atoms with Crippen molar-refractivity contribution in [1.82, 2.24) is 25.5 Å². The third-order valence-electron chi connectivity index (χ3n) is 8.05. The van der Waals surface area contributed by atoms with Gasteiger partial charge in [-0.15, -0.1) is 11.3 Å². The lowest BCUT2D eigenvalue weighted by Gasteiger charge is -2.27. The van der Waals surface area contributed by atoms with Crippen LogP contribution in [0.3, 0.4) is 0 Å². The van der Waals surface area contributed by atoms with Crippen LogP contribution in [-0.2, 0) is 17.6 Å². The van der Waals surface area contributed by atoms with Crippen LogP contribution < -0.4 is 10.6 Å². The van der Waals surface area contributed by atoms with Gasteiger partial charge in [-0.1, -0.05) is 75.2 Å². The second-order valence-electron chi connectivity index (χ2n) is 11.9. The fraction of sp³-hybridized carbons (Fsp3) is 0.412. The molecule has 0 saturated carbocycles. The number of urea groups is 1. The standard InChI is InChI=1S/C34H41N5O4S/c1-22(2)18-27(37-34(43)39-16-10-3-4-11-17-39)31(40)36-28(20-24-21-35-26-15-9-8-14-25(24)26)32-38-30(33(41)42)29(44-32)19-23-12-6-5-7-13-23/h5-9,12-15,21-22,27-28,35H,3-4,10-11,16-20H2,1-2H3,(H,36,40)(H,37,43)(H,41,42)/t27-,28+/m0/s1. The molecule has 4 aromatic rings. The number of rotatable bonds is 11. The van der Waals surface area contributed by atoms with E-state index in [2.05, 4.69) is 20.6 Å². The molecule has 0 aliphatic carbocycles. The minimum absolute atomic E-state index is 0.000209. The molecular weight excluding hydrogens is 574 g/mol. The van der Waals surface area contributed by atoms with E-state index in [1.54, 1.807) is 0 Å². The van der Waals surface area contributed by atoms with Crippen LogP contribution in [0.4, 0.5) is 4.79 Å². The van der Waals surface area contributed by atoms with Gasteiger partial charge in [-0.05, 0) is 42.4 Å². The first-order valence-corrected chi connectivity index (χ1v) is 16.3. The maximum atomic E-state index is 14.0. The molecule has 1 fully saturated rings. The van der Waals surface area contributed by atoms with Gasteiger partial charge >= 0.3 is 12.0 Å². The minimum Gasteiger partial charge on any atom is -0.476 e. The lowest BCUT2D eigenvalue weighted by atomic mass is 10.0. The first-order valence-electron chi connectivity index (χ1n) is 15.5. The molecule has 0 spiro atoms. The Bertz CT molecular complexity index is 1570. The molecule has 4 N–H and O–H groups in total. The summed E-state index contributed by atoms with van der Waals surface area (Å²) in [6.07, 6.45) is 7.36. The van der Waals surface area contributed by atoms with Crippen molar-refractivity contribution < 1.29 is 19.5 Å². The predicted molar refractivity (Wildman–Crippen MR) is 173 cm³/mol. The number of nitrogens with zero attached hydrogens (tertiary/aromatic N) is 2. The number of amides is 3. The van der Waals surface area contributed by atoms with Gasteiger partial charge in [-0.25, -0.2) is 14.6 Å². The largest absolute Gasteiger partial charge is 0.476 e. The highest BCUT2D eigenvalue weighted by Gasteiger charge is 2.30. The zero-order chi connectivity index (χ0) is 31.1. The van der Waals surface area contributed by atoms with E-state index in [0.29, 0.717) is 42.2 Å². The van der Waals surface area contributed by atoms with Gasteiger partial charge in [0, 0.05) is 47.9 Å². The molecule has 0 bridgehead atoms. The normalized spacial score (nSPS) is 15.1. The van der Waals surface area contributed by atoms with Crippen LogP contribution >= 0.6 is 11.3 Å². The van der Waals surface area contributed by atoms with Crippen molar-refractivity contribution in [2.45, 2.75) is 70.9 Å². The Labute approximate surface area is 262 Å². The minimum atomic E-state index is -1.10. The number of carbonyl (C=O) groups is 3. The number of H-pyrrole nitrogens is 1. The van der Waals surface area contributed by atoms with Crippen LogP contribution in [0.5, 0.6) is 0 Å². The third kappa shape index (κ3) is 7.85. The zero-order valence-corrected chi connectivity index (χ0v) is 26.2. The summed E-state index contributed by atoms with van der Waals surface area (Å²) in [6.45, 7) is 5.42. The number of nitrogens with one attached hydrogen (secondary N) is 3. The summed E-state index contributed by atoms with van der Waals surface area (Å²) in [7, 11) is 0. The molecule has 9 nitrogen and oxygen atoms in total. The summed E-state index contributed by atoms with van der Waals surface area (Å²) in [5.74, 6) is -1.24. The highest BCUT2D eigenvalue weighted by Crippen LogP contribution is 2.31. The SMILES string of the molecule is CC(C)C[C@H](NC(=O)N1CCCCCC1)C(=O)N[C@H](Cc1c[nH]c2ccccc12)c1nc(C(=O)O)c(Cc2ccccc2)s1. The number of aromatic nitrogens is 2. The van der Waals surface area contributed by atoms with Crippen LogP contribution in [0.25, 0.3) is 10.9 Å². The number of hydrogen-bond donors (Lipinski definition) is 4. The first-order chi connectivity index (χ1) is 21.3. The van der Waals surface area contributed by atoms with E-state index in [9.17, 15) is 19.5 Å². The molecular formula is C34H41N5O4S. The van der Waals surface area contributed by atoms with Gasteiger partial charge in [-0.2, -0.15) is 0 Å². The van der Waals surface area contributed by atoms with Gasteiger partial charge < -0.3 is 25.6 Å². The highest BCUT2D eigenvalue weighted by atomic mass is 32.1. The molecule has 2 atom stereocenters. The summed E-state index contributed by atoms with van der Waals surface area (Å²) in [5, 5.41) is 17.8. The van der Waals surface area contributed by atoms with E-state index in [4.69, 9.17) is 0 Å². The van der Waals surface area contributed by atoms with Crippen molar-refractivity contribution >= 4 is 40.1 Å². The fourth-order valence-corrected chi connectivity index (χ4v) is 6.94. The summed E-state index contributed by atoms with van der Waals surface area (Å²) < 4.78 is 0. The van der Waals surface area contributed by atoms with Gasteiger partial charge in [0.2, 0.25) is 5.91 Å². The Morgan fingerprint density at radius 1 is 0.977 bits per heavy atom. The van der Waals surface area contributed by atoms with Gasteiger partial charge in [0.05, 0.1) is 6.04 Å². The van der Waals surface area contributed by atoms with E-state index in [-0.39, 0.29) is 23.6 Å². The molecule has 1 aliphatic heterocycles. The van der Waals surface area contributed by atoms with Crippen molar-refractivity contribution in [3.63, 3.8) is 0 Å². The van der Waals surface area contributed by atoms with Gasteiger partial charge in [0.1, 0.15) is 11.0 Å². The maximum absolute atomic E-state index is 14.0. The highest BCUT2D eigenvalue weighted by molar-refractivity contribution is 7.12. The van der Waals surface area contributed by atoms with Crippen molar-refractivity contribution in [2.75, 3.05) is 13.1 Å². The van der Waals surface area contributed by atoms with Gasteiger partial charge in [0.25, 0.3) is 0 Å². The number of para-hydroxylation sites is 1. The molecule has 2 aromatic heterocycles. The molecule has 3 amide bonds. The number of thiazole rings is 1. The lowest BCUT2D eigenvalue weighted by Crippen LogP contribution is -2.52. The number of aromatic carboxylic acids is 1. The third-order valence-corrected chi connectivity index (χ3v) is 9.22. The van der Waals surface area contributed by atoms with Crippen molar-refractivity contribution in [1.29, 1.82) is 0 Å². The molecule has 0 radical (unpaired) electrons. The Morgan fingerprint density at radius 2 is 1.68 bits per heavy atom. The van der Waals surface area contributed by atoms with Crippen molar-refractivity contribution in [3.8, 4) is 0 Å². The second kappa shape index (κ2) is 14.5. The Hall–Kier alpha value is -4.18.